The Balaban J connectivity index is 2.91. The number of amides is 1. The predicted molar refractivity (Wildman–Crippen MR) is 73.2 cm³/mol. The second-order valence-electron chi connectivity index (χ2n) is 3.31. The molecule has 0 aliphatic carbocycles. The maximum Gasteiger partial charge on any atom is 0.252 e. The number of halogens is 3. The molecule has 0 saturated heterocycles. The third-order valence-electron chi connectivity index (χ3n) is 1.80. The standard InChI is InChI=1S/C10H10Cl2INO2/c1-5(15)4-14-10(16)7-2-6(11)3-8(12)9(7)13/h2-3,5,15H,4H2,1H3,(H,14,16)/t5-/m1/s1. The molecule has 0 spiro atoms. The van der Waals surface area contributed by atoms with E-state index in [2.05, 4.69) is 5.32 Å². The van der Waals surface area contributed by atoms with E-state index < -0.39 is 6.10 Å². The molecule has 2 N–H and O–H groups in total. The van der Waals surface area contributed by atoms with Crippen LogP contribution in [0.2, 0.25) is 10.0 Å². The first-order valence-corrected chi connectivity index (χ1v) is 6.36. The van der Waals surface area contributed by atoms with Gasteiger partial charge in [0.05, 0.1) is 16.7 Å². The van der Waals surface area contributed by atoms with E-state index in [1.807, 2.05) is 22.6 Å². The van der Waals surface area contributed by atoms with E-state index in [1.165, 1.54) is 0 Å². The minimum atomic E-state index is -0.587. The number of benzene rings is 1. The average molecular weight is 374 g/mol. The highest BCUT2D eigenvalue weighted by Crippen LogP contribution is 2.26. The van der Waals surface area contributed by atoms with E-state index in [-0.39, 0.29) is 12.5 Å². The molecular weight excluding hydrogens is 364 g/mol. The van der Waals surface area contributed by atoms with Crippen LogP contribution in [-0.4, -0.2) is 23.7 Å². The molecule has 1 rings (SSSR count). The van der Waals surface area contributed by atoms with Gasteiger partial charge in [-0.05, 0) is 41.6 Å². The number of rotatable bonds is 3. The van der Waals surface area contributed by atoms with Crippen molar-refractivity contribution < 1.29 is 9.90 Å². The van der Waals surface area contributed by atoms with E-state index >= 15 is 0 Å². The Morgan fingerprint density at radius 1 is 1.56 bits per heavy atom. The Morgan fingerprint density at radius 2 is 2.19 bits per heavy atom. The number of hydrogen-bond acceptors (Lipinski definition) is 2. The monoisotopic (exact) mass is 373 g/mol. The number of nitrogens with one attached hydrogen (secondary N) is 1. The number of aliphatic hydroxyl groups is 1. The summed E-state index contributed by atoms with van der Waals surface area (Å²) in [6.07, 6.45) is -0.587. The second kappa shape index (κ2) is 6.05. The molecule has 0 aromatic heterocycles. The largest absolute Gasteiger partial charge is 0.392 e. The molecule has 0 aliphatic heterocycles. The van der Waals surface area contributed by atoms with Crippen LogP contribution < -0.4 is 5.32 Å². The summed E-state index contributed by atoms with van der Waals surface area (Å²) in [5, 5.41) is 12.5. The Kier molecular flexibility index (Phi) is 5.30. The highest BCUT2D eigenvalue weighted by Gasteiger charge is 2.14. The van der Waals surface area contributed by atoms with Crippen molar-refractivity contribution in [3.63, 3.8) is 0 Å². The summed E-state index contributed by atoms with van der Waals surface area (Å²) in [7, 11) is 0. The zero-order valence-electron chi connectivity index (χ0n) is 8.43. The van der Waals surface area contributed by atoms with Gasteiger partial charge >= 0.3 is 0 Å². The quantitative estimate of drug-likeness (QED) is 0.632. The molecule has 1 amide bonds. The maximum absolute atomic E-state index is 11.7. The van der Waals surface area contributed by atoms with Crippen LogP contribution in [0.4, 0.5) is 0 Å². The zero-order valence-corrected chi connectivity index (χ0v) is 12.1. The van der Waals surface area contributed by atoms with E-state index in [1.54, 1.807) is 19.1 Å². The van der Waals surface area contributed by atoms with Crippen LogP contribution in [-0.2, 0) is 0 Å². The van der Waals surface area contributed by atoms with Gasteiger partial charge in [0, 0.05) is 15.1 Å². The van der Waals surface area contributed by atoms with Crippen LogP contribution in [0.25, 0.3) is 0 Å². The minimum Gasteiger partial charge on any atom is -0.392 e. The topological polar surface area (TPSA) is 49.3 Å². The molecule has 0 bridgehead atoms. The van der Waals surface area contributed by atoms with Crippen molar-refractivity contribution in [3.8, 4) is 0 Å². The van der Waals surface area contributed by atoms with E-state index in [4.69, 9.17) is 28.3 Å². The molecule has 0 radical (unpaired) electrons. The highest BCUT2D eigenvalue weighted by atomic mass is 127. The van der Waals surface area contributed by atoms with Crippen molar-refractivity contribution in [3.05, 3.63) is 31.3 Å². The van der Waals surface area contributed by atoms with Crippen LogP contribution in [0, 0.1) is 3.57 Å². The summed E-state index contributed by atoms with van der Waals surface area (Å²) in [5.74, 6) is -0.297. The zero-order chi connectivity index (χ0) is 12.3. The molecule has 0 aliphatic rings. The van der Waals surface area contributed by atoms with Gasteiger partial charge in [0.1, 0.15) is 0 Å². The summed E-state index contributed by atoms with van der Waals surface area (Å²) in [5.41, 5.74) is 0.416. The molecule has 3 nitrogen and oxygen atoms in total. The van der Waals surface area contributed by atoms with Gasteiger partial charge in [0.2, 0.25) is 0 Å². The summed E-state index contributed by atoms with van der Waals surface area (Å²) in [6.45, 7) is 1.79. The van der Waals surface area contributed by atoms with Crippen LogP contribution >= 0.6 is 45.8 Å². The van der Waals surface area contributed by atoms with Gasteiger partial charge in [-0.15, -0.1) is 0 Å². The summed E-state index contributed by atoms with van der Waals surface area (Å²) < 4.78 is 0.645. The van der Waals surface area contributed by atoms with Crippen molar-refractivity contribution in [1.82, 2.24) is 5.32 Å². The molecule has 88 valence electrons. The number of aliphatic hydroxyl groups excluding tert-OH is 1. The molecule has 16 heavy (non-hydrogen) atoms. The van der Waals surface area contributed by atoms with Crippen molar-refractivity contribution in [1.29, 1.82) is 0 Å². The lowest BCUT2D eigenvalue weighted by molar-refractivity contribution is 0.0923. The molecule has 0 fully saturated rings. The third kappa shape index (κ3) is 3.76. The van der Waals surface area contributed by atoms with E-state index in [9.17, 15) is 4.79 Å². The SMILES string of the molecule is C[C@@H](O)CNC(=O)c1cc(Cl)cc(Cl)c1I. The second-order valence-corrected chi connectivity index (χ2v) is 5.23. The summed E-state index contributed by atoms with van der Waals surface area (Å²) in [6, 6.07) is 3.13. The van der Waals surface area contributed by atoms with Crippen molar-refractivity contribution in [2.75, 3.05) is 6.54 Å². The molecule has 1 atom stereocenters. The minimum absolute atomic E-state index is 0.193. The predicted octanol–water partition coefficient (Wildman–Crippen LogP) is 2.71. The third-order valence-corrected chi connectivity index (χ3v) is 3.79. The summed E-state index contributed by atoms with van der Waals surface area (Å²) in [4.78, 5) is 11.7. The lowest BCUT2D eigenvalue weighted by Gasteiger charge is -2.09. The molecule has 6 heteroatoms. The van der Waals surface area contributed by atoms with Crippen molar-refractivity contribution >= 4 is 51.7 Å². The first-order chi connectivity index (χ1) is 7.41. The van der Waals surface area contributed by atoms with E-state index in [0.717, 1.165) is 0 Å². The fraction of sp³-hybridized carbons (Fsp3) is 0.300. The highest BCUT2D eigenvalue weighted by molar-refractivity contribution is 14.1. The molecular formula is C10H10Cl2INO2. The smallest absolute Gasteiger partial charge is 0.252 e. The normalized spacial score (nSPS) is 12.3. The molecule has 0 unspecified atom stereocenters. The Hall–Kier alpha value is -0.0400. The molecule has 1 aromatic carbocycles. The lowest BCUT2D eigenvalue weighted by Crippen LogP contribution is -2.31. The van der Waals surface area contributed by atoms with Gasteiger partial charge in [-0.1, -0.05) is 23.2 Å². The van der Waals surface area contributed by atoms with E-state index in [0.29, 0.717) is 19.2 Å². The van der Waals surface area contributed by atoms with Crippen LogP contribution in [0.1, 0.15) is 17.3 Å². The molecule has 0 heterocycles. The first kappa shape index (κ1) is 14.0. The number of carbonyl (C=O) groups is 1. The van der Waals surface area contributed by atoms with Gasteiger partial charge in [-0.2, -0.15) is 0 Å². The average Bonchev–Trinajstić information content (AvgIpc) is 2.19. The molecule has 1 aromatic rings. The first-order valence-electron chi connectivity index (χ1n) is 4.52. The van der Waals surface area contributed by atoms with Crippen LogP contribution in [0.5, 0.6) is 0 Å². The summed E-state index contributed by atoms with van der Waals surface area (Å²) >= 11 is 13.7. The van der Waals surface area contributed by atoms with Gasteiger partial charge in [-0.25, -0.2) is 0 Å². The Bertz CT molecular complexity index is 410. The van der Waals surface area contributed by atoms with Gasteiger partial charge in [0.25, 0.3) is 5.91 Å². The molecule has 0 saturated carbocycles. The van der Waals surface area contributed by atoms with Gasteiger partial charge in [-0.3, -0.25) is 4.79 Å². The lowest BCUT2D eigenvalue weighted by atomic mass is 10.2. The van der Waals surface area contributed by atoms with Gasteiger partial charge < -0.3 is 10.4 Å². The number of carbonyl (C=O) groups excluding carboxylic acids is 1. The van der Waals surface area contributed by atoms with Crippen LogP contribution in [0.3, 0.4) is 0 Å². The van der Waals surface area contributed by atoms with Crippen molar-refractivity contribution in [2.45, 2.75) is 13.0 Å². The Morgan fingerprint density at radius 3 is 2.75 bits per heavy atom. The van der Waals surface area contributed by atoms with Crippen molar-refractivity contribution in [2.24, 2.45) is 0 Å². The fourth-order valence-corrected chi connectivity index (χ4v) is 2.11. The Labute approximate surface area is 117 Å². The fourth-order valence-electron chi connectivity index (χ4n) is 1.06. The van der Waals surface area contributed by atoms with Crippen LogP contribution in [0.15, 0.2) is 12.1 Å². The maximum atomic E-state index is 11.7. The number of hydrogen-bond donors (Lipinski definition) is 2. The van der Waals surface area contributed by atoms with Gasteiger partial charge in [0.15, 0.2) is 0 Å².